The smallest absolute Gasteiger partial charge is 0.462 e. The van der Waals surface area contributed by atoms with E-state index in [1.54, 1.807) is 0 Å². The summed E-state index contributed by atoms with van der Waals surface area (Å²) in [6.07, 6.45) is 35.0. The van der Waals surface area contributed by atoms with Crippen molar-refractivity contribution >= 4 is 19.8 Å². The second-order valence-electron chi connectivity index (χ2n) is 15.6. The van der Waals surface area contributed by atoms with E-state index < -0.39 is 75.7 Å². The fraction of sp³-hybridized carbons (Fsp3) is 0.667. The predicted molar refractivity (Wildman–Crippen MR) is 244 cm³/mol. The number of unbranched alkanes of at least 4 members (excludes halogenated alkanes) is 13. The van der Waals surface area contributed by atoms with Gasteiger partial charge >= 0.3 is 19.8 Å². The average molecular weight is 895 g/mol. The van der Waals surface area contributed by atoms with E-state index >= 15 is 0 Å². The van der Waals surface area contributed by atoms with E-state index in [0.717, 1.165) is 77.0 Å². The summed E-state index contributed by atoms with van der Waals surface area (Å²) in [6, 6.07) is 0. The van der Waals surface area contributed by atoms with Crippen molar-refractivity contribution in [2.45, 2.75) is 191 Å². The van der Waals surface area contributed by atoms with Crippen LogP contribution in [0.3, 0.4) is 0 Å². The molecule has 0 aromatic heterocycles. The Kier molecular flexibility index (Phi) is 34.4. The quantitative estimate of drug-likeness (QED) is 0.0114. The number of carbonyl (C=O) groups is 2. The molecule has 0 aromatic rings. The largest absolute Gasteiger partial charge is 0.472 e. The van der Waals surface area contributed by atoms with Gasteiger partial charge in [0.1, 0.15) is 43.2 Å². The average Bonchev–Trinajstić information content (AvgIpc) is 3.25. The number of carbonyl (C=O) groups excluding carboxylic acids is 2. The Morgan fingerprint density at radius 2 is 0.952 bits per heavy atom. The molecule has 1 fully saturated rings. The van der Waals surface area contributed by atoms with Gasteiger partial charge in [-0.15, -0.1) is 0 Å². The van der Waals surface area contributed by atoms with Crippen LogP contribution in [-0.2, 0) is 32.7 Å². The number of ether oxygens (including phenoxy) is 2. The molecule has 0 bridgehead atoms. The minimum absolute atomic E-state index is 0.0454. The molecule has 0 amide bonds. The van der Waals surface area contributed by atoms with E-state index in [1.165, 1.54) is 32.1 Å². The summed E-state index contributed by atoms with van der Waals surface area (Å²) in [5.74, 6) is -1.16. The molecule has 0 spiro atoms. The van der Waals surface area contributed by atoms with Crippen LogP contribution in [0, 0.1) is 0 Å². The number of esters is 2. The van der Waals surface area contributed by atoms with Crippen molar-refractivity contribution in [2.24, 2.45) is 0 Å². The number of hydrogen-bond donors (Lipinski definition) is 6. The van der Waals surface area contributed by atoms with Crippen LogP contribution in [0.25, 0.3) is 0 Å². The van der Waals surface area contributed by atoms with Gasteiger partial charge in [0, 0.05) is 12.8 Å². The maximum Gasteiger partial charge on any atom is 0.472 e. The van der Waals surface area contributed by atoms with E-state index in [2.05, 4.69) is 56.4 Å². The zero-order valence-electron chi connectivity index (χ0n) is 37.4. The number of aliphatic hydroxyl groups excluding tert-OH is 5. The van der Waals surface area contributed by atoms with Crippen molar-refractivity contribution in [2.75, 3.05) is 13.2 Å². The van der Waals surface area contributed by atoms with Crippen LogP contribution < -0.4 is 0 Å². The normalized spacial score (nSPS) is 22.6. The van der Waals surface area contributed by atoms with Crippen molar-refractivity contribution in [3.05, 3.63) is 85.1 Å². The van der Waals surface area contributed by atoms with E-state index in [4.69, 9.17) is 18.5 Å². The molecule has 1 rings (SSSR count). The molecule has 0 aliphatic heterocycles. The molecule has 1 aliphatic rings. The van der Waals surface area contributed by atoms with Crippen molar-refractivity contribution in [1.82, 2.24) is 0 Å². The van der Waals surface area contributed by atoms with E-state index in [-0.39, 0.29) is 12.8 Å². The van der Waals surface area contributed by atoms with E-state index in [1.807, 2.05) is 42.5 Å². The van der Waals surface area contributed by atoms with Crippen LogP contribution in [0.1, 0.15) is 149 Å². The van der Waals surface area contributed by atoms with Crippen LogP contribution in [0.15, 0.2) is 85.1 Å². The van der Waals surface area contributed by atoms with Crippen LogP contribution in [0.2, 0.25) is 0 Å². The monoisotopic (exact) mass is 895 g/mol. The molecule has 0 radical (unpaired) electrons. The molecule has 62 heavy (non-hydrogen) atoms. The van der Waals surface area contributed by atoms with Gasteiger partial charge < -0.3 is 39.9 Å². The molecule has 0 saturated heterocycles. The first kappa shape index (κ1) is 57.0. The SMILES string of the molecule is CC/C=C/C=C/C=C/C=C/CCCCCC(=O)OC(COC(=O)CCCCCCCCCCCC/C=C/C/C=C/C/C=C/CC)COP(=O)(O)OC1C(O)C(O)C(O)[C@H](O)C1O. The number of aliphatic hydroxyl groups is 5. The lowest BCUT2D eigenvalue weighted by atomic mass is 9.85. The van der Waals surface area contributed by atoms with Crippen LogP contribution in [0.5, 0.6) is 0 Å². The third-order valence-corrected chi connectivity index (χ3v) is 11.1. The molecule has 6 N–H and O–H groups in total. The van der Waals surface area contributed by atoms with Gasteiger partial charge in [0.2, 0.25) is 0 Å². The molecular formula is C48H79O13P. The van der Waals surface area contributed by atoms with Gasteiger partial charge in [-0.2, -0.15) is 0 Å². The number of allylic oxidation sites excluding steroid dienone is 14. The van der Waals surface area contributed by atoms with Gasteiger partial charge in [-0.05, 0) is 64.2 Å². The third-order valence-electron chi connectivity index (χ3n) is 10.1. The molecule has 1 aliphatic carbocycles. The van der Waals surface area contributed by atoms with Gasteiger partial charge in [-0.25, -0.2) is 4.57 Å². The van der Waals surface area contributed by atoms with Gasteiger partial charge in [0.15, 0.2) is 6.10 Å². The van der Waals surface area contributed by atoms with E-state index in [0.29, 0.717) is 12.8 Å². The van der Waals surface area contributed by atoms with E-state index in [9.17, 15) is 44.6 Å². The molecule has 1 saturated carbocycles. The van der Waals surface area contributed by atoms with Crippen LogP contribution >= 0.6 is 7.82 Å². The summed E-state index contributed by atoms with van der Waals surface area (Å²) in [6.45, 7) is 3.00. The van der Waals surface area contributed by atoms with Gasteiger partial charge in [-0.3, -0.25) is 18.6 Å². The topological polar surface area (TPSA) is 210 Å². The zero-order chi connectivity index (χ0) is 45.7. The second kappa shape index (κ2) is 37.4. The fourth-order valence-corrected chi connectivity index (χ4v) is 7.40. The number of rotatable bonds is 36. The summed E-state index contributed by atoms with van der Waals surface area (Å²) >= 11 is 0. The van der Waals surface area contributed by atoms with Gasteiger partial charge in [0.05, 0.1) is 6.61 Å². The number of hydrogen-bond acceptors (Lipinski definition) is 12. The summed E-state index contributed by atoms with van der Waals surface area (Å²) < 4.78 is 33.5. The first-order valence-corrected chi connectivity index (χ1v) is 24.4. The Morgan fingerprint density at radius 1 is 0.516 bits per heavy atom. The van der Waals surface area contributed by atoms with Crippen LogP contribution in [-0.4, -0.2) is 98.3 Å². The Hall–Kier alpha value is -2.97. The Balaban J connectivity index is 2.45. The zero-order valence-corrected chi connectivity index (χ0v) is 38.3. The van der Waals surface area contributed by atoms with Crippen molar-refractivity contribution in [1.29, 1.82) is 0 Å². The highest BCUT2D eigenvalue weighted by Crippen LogP contribution is 2.47. The molecule has 8 atom stereocenters. The van der Waals surface area contributed by atoms with Crippen molar-refractivity contribution in [3.8, 4) is 0 Å². The molecule has 0 heterocycles. The predicted octanol–water partition coefficient (Wildman–Crippen LogP) is 8.89. The molecule has 0 aromatic carbocycles. The third kappa shape index (κ3) is 29.4. The Bertz CT molecular complexity index is 1400. The molecule has 14 heteroatoms. The summed E-state index contributed by atoms with van der Waals surface area (Å²) in [5.41, 5.74) is 0. The fourth-order valence-electron chi connectivity index (χ4n) is 6.43. The Morgan fingerprint density at radius 3 is 1.53 bits per heavy atom. The van der Waals surface area contributed by atoms with Crippen molar-refractivity contribution < 1.29 is 63.1 Å². The summed E-state index contributed by atoms with van der Waals surface area (Å²) in [7, 11) is -5.13. The minimum Gasteiger partial charge on any atom is -0.462 e. The minimum atomic E-state index is -5.13. The molecular weight excluding hydrogens is 815 g/mol. The maximum absolute atomic E-state index is 12.8. The number of phosphoric ester groups is 1. The first-order valence-electron chi connectivity index (χ1n) is 22.9. The first-order chi connectivity index (χ1) is 29.9. The second-order valence-corrected chi connectivity index (χ2v) is 17.0. The lowest BCUT2D eigenvalue weighted by molar-refractivity contribution is -0.220. The standard InChI is InChI=1S/C48H79O13P/c1-3-5-7-9-11-13-15-17-18-19-20-21-22-23-25-26-28-30-32-34-36-41(49)58-38-40(39-59-62(56,57)61-48-46(54)44(52)43(51)45(53)47(48)55)60-42(50)37-35-33-31-29-27-24-16-14-12-10-8-6-4-2/h5-8,10-14,16-18,24,27,40,43-48,51-55H,3-4,9,15,19-23,25-26,28-39H2,1-2H3,(H,56,57)/b7-5+,8-6+,12-10+,13-11+,16-14+,18-17+,27-24+/t40?,43?,44-,45?,46?,47?,48?/m0/s1. The molecule has 13 nitrogen and oxygen atoms in total. The van der Waals surface area contributed by atoms with Gasteiger partial charge in [-0.1, -0.05) is 157 Å². The molecule has 354 valence electrons. The lowest BCUT2D eigenvalue weighted by Crippen LogP contribution is -2.64. The van der Waals surface area contributed by atoms with Crippen molar-refractivity contribution in [3.63, 3.8) is 0 Å². The number of phosphoric acid groups is 1. The highest BCUT2D eigenvalue weighted by atomic mass is 31.2. The summed E-state index contributed by atoms with van der Waals surface area (Å²) in [5, 5.41) is 50.1. The van der Waals surface area contributed by atoms with Gasteiger partial charge in [0.25, 0.3) is 0 Å². The summed E-state index contributed by atoms with van der Waals surface area (Å²) in [4.78, 5) is 35.7. The molecule has 7 unspecified atom stereocenters. The maximum atomic E-state index is 12.8. The highest BCUT2D eigenvalue weighted by molar-refractivity contribution is 7.47. The lowest BCUT2D eigenvalue weighted by Gasteiger charge is -2.41. The Labute approximate surface area is 371 Å². The van der Waals surface area contributed by atoms with Crippen LogP contribution in [0.4, 0.5) is 0 Å². The highest BCUT2D eigenvalue weighted by Gasteiger charge is 2.51.